The molecule has 1 N–H and O–H groups in total. The minimum atomic E-state index is -0.282. The van der Waals surface area contributed by atoms with Crippen molar-refractivity contribution < 1.29 is 19.0 Å². The summed E-state index contributed by atoms with van der Waals surface area (Å²) in [7, 11) is 0. The van der Waals surface area contributed by atoms with Gasteiger partial charge in [-0.3, -0.25) is 0 Å². The first-order valence-electron chi connectivity index (χ1n) is 11.3. The largest absolute Gasteiger partial charge is 0.449 e. The molecule has 1 amide bonds. The summed E-state index contributed by atoms with van der Waals surface area (Å²) in [5, 5.41) is 3.13. The van der Waals surface area contributed by atoms with Gasteiger partial charge in [0.15, 0.2) is 0 Å². The van der Waals surface area contributed by atoms with E-state index in [1.807, 2.05) is 6.07 Å². The standard InChI is InChI=1S/C24H37NO4/c1-3-4-14-24(15-16-27-23(26)25-24)19(2)17-28-21-10-12-22(13-11-21)29-18-20-8-6-5-7-9-20/h5-9,19,21-22H,3-4,10-18H2,1-2H3,(H,25,26). The highest BCUT2D eigenvalue weighted by Gasteiger charge is 2.40. The summed E-state index contributed by atoms with van der Waals surface area (Å²) in [5.74, 6) is 0.272. The Balaban J connectivity index is 1.41. The molecule has 2 unspecified atom stereocenters. The predicted octanol–water partition coefficient (Wildman–Crippen LogP) is 5.23. The number of alkyl carbamates (subject to hydrolysis) is 1. The summed E-state index contributed by atoms with van der Waals surface area (Å²) in [6.07, 6.45) is 8.63. The van der Waals surface area contributed by atoms with Gasteiger partial charge in [-0.1, -0.05) is 57.0 Å². The fourth-order valence-corrected chi connectivity index (χ4v) is 4.52. The molecule has 1 aliphatic heterocycles. The van der Waals surface area contributed by atoms with Crippen molar-refractivity contribution in [2.24, 2.45) is 5.92 Å². The maximum absolute atomic E-state index is 11.9. The van der Waals surface area contributed by atoms with Crippen molar-refractivity contribution in [1.29, 1.82) is 0 Å². The maximum atomic E-state index is 11.9. The first-order chi connectivity index (χ1) is 14.1. The second-order valence-corrected chi connectivity index (χ2v) is 8.70. The Bertz CT molecular complexity index is 615. The third-order valence-corrected chi connectivity index (χ3v) is 6.58. The molecule has 162 valence electrons. The van der Waals surface area contributed by atoms with Crippen molar-refractivity contribution in [1.82, 2.24) is 5.32 Å². The first-order valence-corrected chi connectivity index (χ1v) is 11.3. The normalized spacial score (nSPS) is 28.4. The van der Waals surface area contributed by atoms with Crippen molar-refractivity contribution in [3.8, 4) is 0 Å². The zero-order valence-electron chi connectivity index (χ0n) is 18.0. The van der Waals surface area contributed by atoms with E-state index in [9.17, 15) is 4.79 Å². The topological polar surface area (TPSA) is 56.8 Å². The molecule has 0 aromatic heterocycles. The molecule has 1 heterocycles. The number of cyclic esters (lactones) is 1. The monoisotopic (exact) mass is 403 g/mol. The van der Waals surface area contributed by atoms with Gasteiger partial charge in [-0.15, -0.1) is 0 Å². The van der Waals surface area contributed by atoms with Crippen LogP contribution in [0.15, 0.2) is 30.3 Å². The Kier molecular flexibility index (Phi) is 8.37. The van der Waals surface area contributed by atoms with Gasteiger partial charge in [0.1, 0.15) is 0 Å². The Hall–Kier alpha value is -1.59. The summed E-state index contributed by atoms with van der Waals surface area (Å²) in [4.78, 5) is 11.9. The maximum Gasteiger partial charge on any atom is 0.407 e. The van der Waals surface area contributed by atoms with Crippen LogP contribution < -0.4 is 5.32 Å². The number of ether oxygens (including phenoxy) is 3. The molecule has 29 heavy (non-hydrogen) atoms. The van der Waals surface area contributed by atoms with Crippen molar-refractivity contribution in [2.45, 2.75) is 89.6 Å². The van der Waals surface area contributed by atoms with Crippen LogP contribution in [0.5, 0.6) is 0 Å². The molecule has 0 spiro atoms. The number of carbonyl (C=O) groups is 1. The van der Waals surface area contributed by atoms with Crippen LogP contribution in [-0.2, 0) is 20.8 Å². The van der Waals surface area contributed by atoms with E-state index in [0.29, 0.717) is 32.0 Å². The Morgan fingerprint density at radius 1 is 1.14 bits per heavy atom. The molecule has 1 aliphatic carbocycles. The highest BCUT2D eigenvalue weighted by molar-refractivity contribution is 5.69. The highest BCUT2D eigenvalue weighted by atomic mass is 16.6. The number of amides is 1. The smallest absolute Gasteiger partial charge is 0.407 e. The third kappa shape index (κ3) is 6.45. The lowest BCUT2D eigenvalue weighted by Gasteiger charge is -2.43. The molecule has 5 nitrogen and oxygen atoms in total. The van der Waals surface area contributed by atoms with Gasteiger partial charge in [0, 0.05) is 12.3 Å². The average Bonchev–Trinajstić information content (AvgIpc) is 2.76. The van der Waals surface area contributed by atoms with Gasteiger partial charge < -0.3 is 19.5 Å². The SMILES string of the molecule is CCCCC1(C(C)COC2CCC(OCc3ccccc3)CC2)CCOC(=O)N1. The Morgan fingerprint density at radius 2 is 1.83 bits per heavy atom. The van der Waals surface area contributed by atoms with Crippen LogP contribution in [0.3, 0.4) is 0 Å². The number of carbonyl (C=O) groups excluding carboxylic acids is 1. The van der Waals surface area contributed by atoms with E-state index in [1.165, 1.54) is 5.56 Å². The van der Waals surface area contributed by atoms with Crippen LogP contribution in [0.2, 0.25) is 0 Å². The minimum Gasteiger partial charge on any atom is -0.449 e. The quantitative estimate of drug-likeness (QED) is 0.581. The molecule has 3 rings (SSSR count). The molecular formula is C24H37NO4. The molecule has 0 bridgehead atoms. The van der Waals surface area contributed by atoms with Gasteiger partial charge in [0.05, 0.1) is 37.6 Å². The minimum absolute atomic E-state index is 0.193. The summed E-state index contributed by atoms with van der Waals surface area (Å²) in [6, 6.07) is 10.4. The second-order valence-electron chi connectivity index (χ2n) is 8.70. The van der Waals surface area contributed by atoms with Gasteiger partial charge >= 0.3 is 6.09 Å². The van der Waals surface area contributed by atoms with E-state index < -0.39 is 0 Å². The van der Waals surface area contributed by atoms with Crippen LogP contribution in [0.25, 0.3) is 0 Å². The fraction of sp³-hybridized carbons (Fsp3) is 0.708. The van der Waals surface area contributed by atoms with Crippen molar-refractivity contribution in [2.75, 3.05) is 13.2 Å². The van der Waals surface area contributed by atoms with Crippen LogP contribution >= 0.6 is 0 Å². The van der Waals surface area contributed by atoms with Crippen LogP contribution in [0.4, 0.5) is 4.79 Å². The summed E-state index contributed by atoms with van der Waals surface area (Å²) < 4.78 is 17.5. The predicted molar refractivity (Wildman–Crippen MR) is 114 cm³/mol. The molecule has 2 atom stereocenters. The third-order valence-electron chi connectivity index (χ3n) is 6.58. The van der Waals surface area contributed by atoms with E-state index in [0.717, 1.165) is 51.4 Å². The molecule has 1 saturated heterocycles. The van der Waals surface area contributed by atoms with E-state index in [2.05, 4.69) is 43.4 Å². The van der Waals surface area contributed by atoms with Gasteiger partial charge in [0.25, 0.3) is 0 Å². The lowest BCUT2D eigenvalue weighted by atomic mass is 9.78. The van der Waals surface area contributed by atoms with Crippen LogP contribution in [-0.4, -0.2) is 37.1 Å². The molecule has 2 aliphatic rings. The van der Waals surface area contributed by atoms with E-state index in [4.69, 9.17) is 14.2 Å². The van der Waals surface area contributed by atoms with Gasteiger partial charge in [-0.2, -0.15) is 0 Å². The molecule has 5 heteroatoms. The number of nitrogens with one attached hydrogen (secondary N) is 1. The molecular weight excluding hydrogens is 366 g/mol. The Labute approximate surface area is 175 Å². The van der Waals surface area contributed by atoms with Crippen LogP contribution in [0, 0.1) is 5.92 Å². The highest BCUT2D eigenvalue weighted by Crippen LogP contribution is 2.32. The number of hydrogen-bond donors (Lipinski definition) is 1. The Morgan fingerprint density at radius 3 is 2.48 bits per heavy atom. The first kappa shape index (κ1) is 22.1. The van der Waals surface area contributed by atoms with Crippen molar-refractivity contribution in [3.05, 3.63) is 35.9 Å². The molecule has 1 aromatic rings. The summed E-state index contributed by atoms with van der Waals surface area (Å²) >= 11 is 0. The zero-order chi connectivity index (χ0) is 20.5. The van der Waals surface area contributed by atoms with Gasteiger partial charge in [0.2, 0.25) is 0 Å². The molecule has 1 aromatic carbocycles. The number of benzene rings is 1. The fourth-order valence-electron chi connectivity index (χ4n) is 4.52. The van der Waals surface area contributed by atoms with Gasteiger partial charge in [-0.05, 0) is 37.7 Å². The summed E-state index contributed by atoms with van der Waals surface area (Å²) in [6.45, 7) is 6.27. The molecule has 2 fully saturated rings. The second kappa shape index (κ2) is 11.0. The van der Waals surface area contributed by atoms with Crippen molar-refractivity contribution in [3.63, 3.8) is 0 Å². The van der Waals surface area contributed by atoms with E-state index in [1.54, 1.807) is 0 Å². The lowest BCUT2D eigenvalue weighted by Crippen LogP contribution is -2.58. The van der Waals surface area contributed by atoms with Crippen molar-refractivity contribution >= 4 is 6.09 Å². The molecule has 0 radical (unpaired) electrons. The van der Waals surface area contributed by atoms with Gasteiger partial charge in [-0.25, -0.2) is 4.79 Å². The summed E-state index contributed by atoms with van der Waals surface area (Å²) in [5.41, 5.74) is 1.04. The van der Waals surface area contributed by atoms with E-state index >= 15 is 0 Å². The lowest BCUT2D eigenvalue weighted by molar-refractivity contribution is -0.0557. The number of hydrogen-bond acceptors (Lipinski definition) is 4. The van der Waals surface area contributed by atoms with Crippen LogP contribution in [0.1, 0.15) is 70.8 Å². The molecule has 1 saturated carbocycles. The average molecular weight is 404 g/mol. The number of unbranched alkanes of at least 4 members (excludes halogenated alkanes) is 1. The zero-order valence-corrected chi connectivity index (χ0v) is 18.0. The number of rotatable bonds is 10. The van der Waals surface area contributed by atoms with E-state index in [-0.39, 0.29) is 17.6 Å².